The van der Waals surface area contributed by atoms with Crippen LogP contribution in [0.1, 0.15) is 39.7 Å². The van der Waals surface area contributed by atoms with E-state index in [-0.39, 0.29) is 5.54 Å². The van der Waals surface area contributed by atoms with Crippen molar-refractivity contribution in [1.82, 2.24) is 4.98 Å². The lowest BCUT2D eigenvalue weighted by molar-refractivity contribution is 0.308. The zero-order valence-electron chi connectivity index (χ0n) is 10.7. The second kappa shape index (κ2) is 5.30. The summed E-state index contributed by atoms with van der Waals surface area (Å²) in [7, 11) is 0. The van der Waals surface area contributed by atoms with Gasteiger partial charge in [0.15, 0.2) is 0 Å². The van der Waals surface area contributed by atoms with Crippen LogP contribution in [0.3, 0.4) is 0 Å². The molecule has 1 heterocycles. The standard InChI is InChI=1S/C13H22N2O/c1-5-10(3)13(4,14)11-7-12(16-6-2)9-15-8-11/h7-10H,5-6,14H2,1-4H3. The molecule has 0 aliphatic carbocycles. The van der Waals surface area contributed by atoms with Gasteiger partial charge in [-0.2, -0.15) is 0 Å². The summed E-state index contributed by atoms with van der Waals surface area (Å²) in [5, 5.41) is 0. The molecule has 1 rings (SSSR count). The number of hydrogen-bond donors (Lipinski definition) is 1. The largest absolute Gasteiger partial charge is 0.492 e. The number of nitrogens with zero attached hydrogens (tertiary/aromatic N) is 1. The van der Waals surface area contributed by atoms with Crippen LogP contribution in [0.2, 0.25) is 0 Å². The maximum atomic E-state index is 6.36. The summed E-state index contributed by atoms with van der Waals surface area (Å²) in [5.74, 6) is 1.20. The van der Waals surface area contributed by atoms with E-state index in [9.17, 15) is 0 Å². The first-order valence-electron chi connectivity index (χ1n) is 5.89. The van der Waals surface area contributed by atoms with Gasteiger partial charge in [0.2, 0.25) is 0 Å². The minimum atomic E-state index is -0.352. The zero-order chi connectivity index (χ0) is 12.2. The van der Waals surface area contributed by atoms with Gasteiger partial charge in [0.05, 0.1) is 12.8 Å². The van der Waals surface area contributed by atoms with E-state index in [0.29, 0.717) is 12.5 Å². The summed E-state index contributed by atoms with van der Waals surface area (Å²) in [5.41, 5.74) is 7.04. The molecule has 0 fully saturated rings. The summed E-state index contributed by atoms with van der Waals surface area (Å²) in [4.78, 5) is 4.18. The number of hydrogen-bond acceptors (Lipinski definition) is 3. The van der Waals surface area contributed by atoms with Crippen molar-refractivity contribution in [2.24, 2.45) is 11.7 Å². The predicted octanol–water partition coefficient (Wildman–Crippen LogP) is 2.70. The Hall–Kier alpha value is -1.09. The van der Waals surface area contributed by atoms with Crippen LogP contribution in [-0.2, 0) is 5.54 Å². The van der Waals surface area contributed by atoms with Crippen LogP contribution in [-0.4, -0.2) is 11.6 Å². The van der Waals surface area contributed by atoms with Gasteiger partial charge < -0.3 is 10.5 Å². The van der Waals surface area contributed by atoms with E-state index < -0.39 is 0 Å². The number of rotatable bonds is 5. The molecular formula is C13H22N2O. The first-order valence-corrected chi connectivity index (χ1v) is 5.89. The van der Waals surface area contributed by atoms with Crippen molar-refractivity contribution < 1.29 is 4.74 Å². The van der Waals surface area contributed by atoms with Crippen molar-refractivity contribution in [3.63, 3.8) is 0 Å². The Bertz CT molecular complexity index is 336. The molecule has 0 aliphatic rings. The van der Waals surface area contributed by atoms with Crippen molar-refractivity contribution in [3.8, 4) is 5.75 Å². The molecule has 2 unspecified atom stereocenters. The normalized spacial score (nSPS) is 16.6. The number of aromatic nitrogens is 1. The highest BCUT2D eigenvalue weighted by Gasteiger charge is 2.27. The van der Waals surface area contributed by atoms with Gasteiger partial charge in [-0.1, -0.05) is 20.3 Å². The van der Waals surface area contributed by atoms with E-state index in [1.54, 1.807) is 6.20 Å². The van der Waals surface area contributed by atoms with Gasteiger partial charge in [0.25, 0.3) is 0 Å². The molecule has 0 aromatic carbocycles. The highest BCUT2D eigenvalue weighted by molar-refractivity contribution is 5.29. The third-order valence-electron chi connectivity index (χ3n) is 3.28. The van der Waals surface area contributed by atoms with E-state index in [0.717, 1.165) is 17.7 Å². The third kappa shape index (κ3) is 2.73. The average molecular weight is 222 g/mol. The quantitative estimate of drug-likeness (QED) is 0.833. The molecule has 0 bridgehead atoms. The Labute approximate surface area is 98.0 Å². The molecule has 0 aliphatic heterocycles. The Morgan fingerprint density at radius 3 is 2.69 bits per heavy atom. The Morgan fingerprint density at radius 1 is 1.44 bits per heavy atom. The molecule has 0 saturated carbocycles. The summed E-state index contributed by atoms with van der Waals surface area (Å²) in [6.07, 6.45) is 4.60. The monoisotopic (exact) mass is 222 g/mol. The molecule has 2 N–H and O–H groups in total. The van der Waals surface area contributed by atoms with Crippen molar-refractivity contribution in [3.05, 3.63) is 24.0 Å². The Kier molecular flexibility index (Phi) is 4.30. The molecule has 3 nitrogen and oxygen atoms in total. The molecule has 1 aromatic rings. The van der Waals surface area contributed by atoms with Crippen molar-refractivity contribution >= 4 is 0 Å². The van der Waals surface area contributed by atoms with Crippen molar-refractivity contribution in [2.45, 2.75) is 39.7 Å². The summed E-state index contributed by atoms with van der Waals surface area (Å²) in [6, 6.07) is 1.99. The first kappa shape index (κ1) is 13.0. The fourth-order valence-corrected chi connectivity index (χ4v) is 1.67. The van der Waals surface area contributed by atoms with Gasteiger partial charge >= 0.3 is 0 Å². The zero-order valence-corrected chi connectivity index (χ0v) is 10.7. The fourth-order valence-electron chi connectivity index (χ4n) is 1.67. The Morgan fingerprint density at radius 2 is 2.12 bits per heavy atom. The van der Waals surface area contributed by atoms with E-state index >= 15 is 0 Å². The lowest BCUT2D eigenvalue weighted by Gasteiger charge is -2.31. The van der Waals surface area contributed by atoms with Crippen LogP contribution in [0, 0.1) is 5.92 Å². The van der Waals surface area contributed by atoms with Gasteiger partial charge in [0, 0.05) is 11.7 Å². The molecule has 3 heteroatoms. The van der Waals surface area contributed by atoms with E-state index in [1.165, 1.54) is 0 Å². The number of pyridine rings is 1. The van der Waals surface area contributed by atoms with Gasteiger partial charge in [-0.25, -0.2) is 0 Å². The molecule has 1 aromatic heterocycles. The minimum Gasteiger partial charge on any atom is -0.492 e. The van der Waals surface area contributed by atoms with Crippen LogP contribution in [0.4, 0.5) is 0 Å². The number of ether oxygens (including phenoxy) is 1. The molecule has 0 amide bonds. The van der Waals surface area contributed by atoms with Crippen LogP contribution in [0.5, 0.6) is 5.75 Å². The van der Waals surface area contributed by atoms with Crippen LogP contribution in [0.15, 0.2) is 18.5 Å². The van der Waals surface area contributed by atoms with Gasteiger partial charge in [-0.05, 0) is 31.4 Å². The Balaban J connectivity index is 2.98. The maximum absolute atomic E-state index is 6.36. The summed E-state index contributed by atoms with van der Waals surface area (Å²) in [6.45, 7) is 8.97. The number of nitrogens with two attached hydrogens (primary N) is 1. The molecule has 16 heavy (non-hydrogen) atoms. The van der Waals surface area contributed by atoms with Gasteiger partial charge in [0.1, 0.15) is 5.75 Å². The maximum Gasteiger partial charge on any atom is 0.137 e. The average Bonchev–Trinajstić information content (AvgIpc) is 2.28. The minimum absolute atomic E-state index is 0.352. The summed E-state index contributed by atoms with van der Waals surface area (Å²) < 4.78 is 5.44. The molecule has 0 radical (unpaired) electrons. The highest BCUT2D eigenvalue weighted by Crippen LogP contribution is 2.29. The smallest absolute Gasteiger partial charge is 0.137 e. The van der Waals surface area contributed by atoms with E-state index in [2.05, 4.69) is 18.8 Å². The van der Waals surface area contributed by atoms with Crippen LogP contribution < -0.4 is 10.5 Å². The molecule has 2 atom stereocenters. The van der Waals surface area contributed by atoms with E-state index in [4.69, 9.17) is 10.5 Å². The van der Waals surface area contributed by atoms with Crippen molar-refractivity contribution in [1.29, 1.82) is 0 Å². The molecule has 90 valence electrons. The van der Waals surface area contributed by atoms with Crippen molar-refractivity contribution in [2.75, 3.05) is 6.61 Å². The van der Waals surface area contributed by atoms with E-state index in [1.807, 2.05) is 26.1 Å². The highest BCUT2D eigenvalue weighted by atomic mass is 16.5. The first-order chi connectivity index (χ1) is 7.52. The third-order valence-corrected chi connectivity index (χ3v) is 3.28. The van der Waals surface area contributed by atoms with Crippen LogP contribution in [0.25, 0.3) is 0 Å². The predicted molar refractivity (Wildman–Crippen MR) is 66.4 cm³/mol. The molecule has 0 spiro atoms. The second-order valence-electron chi connectivity index (χ2n) is 4.43. The SMILES string of the molecule is CCOc1cncc(C(C)(N)C(C)CC)c1. The lowest BCUT2D eigenvalue weighted by Crippen LogP contribution is -2.39. The summed E-state index contributed by atoms with van der Waals surface area (Å²) >= 11 is 0. The second-order valence-corrected chi connectivity index (χ2v) is 4.43. The topological polar surface area (TPSA) is 48.1 Å². The van der Waals surface area contributed by atoms with Gasteiger partial charge in [-0.3, -0.25) is 4.98 Å². The fraction of sp³-hybridized carbons (Fsp3) is 0.615. The lowest BCUT2D eigenvalue weighted by atomic mass is 9.81. The van der Waals surface area contributed by atoms with Gasteiger partial charge in [-0.15, -0.1) is 0 Å². The van der Waals surface area contributed by atoms with Crippen LogP contribution >= 0.6 is 0 Å². The molecular weight excluding hydrogens is 200 g/mol. The molecule has 0 saturated heterocycles.